The average molecular weight is 370 g/mol. The molecule has 1 saturated carbocycles. The van der Waals surface area contributed by atoms with Crippen LogP contribution in [-0.2, 0) is 9.59 Å². The molecule has 0 heterocycles. The number of carboxylic acids is 1. The Bertz CT molecular complexity index is 717. The predicted octanol–water partition coefficient (Wildman–Crippen LogP) is 5.06. The molecule has 0 radical (unpaired) electrons. The van der Waals surface area contributed by atoms with Gasteiger partial charge in [0.2, 0.25) is 0 Å². The summed E-state index contributed by atoms with van der Waals surface area (Å²) in [5, 5.41) is 8.65. The van der Waals surface area contributed by atoms with Gasteiger partial charge in [0.15, 0.2) is 5.78 Å². The monoisotopic (exact) mass is 370 g/mol. The second kappa shape index (κ2) is 10.2. The van der Waals surface area contributed by atoms with Crippen LogP contribution in [0.25, 0.3) is 0 Å². The second-order valence-corrected chi connectivity index (χ2v) is 7.59. The fourth-order valence-electron chi connectivity index (χ4n) is 3.85. The van der Waals surface area contributed by atoms with Gasteiger partial charge in [-0.05, 0) is 56.2 Å². The van der Waals surface area contributed by atoms with Crippen molar-refractivity contribution in [2.24, 2.45) is 11.8 Å². The Hall–Kier alpha value is -2.23. The van der Waals surface area contributed by atoms with E-state index in [0.717, 1.165) is 48.8 Å². The summed E-state index contributed by atoms with van der Waals surface area (Å²) in [4.78, 5) is 35.3. The number of unbranched alkanes of at least 4 members (excludes halogenated alkanes) is 3. The second-order valence-electron chi connectivity index (χ2n) is 7.59. The van der Waals surface area contributed by atoms with Crippen molar-refractivity contribution in [1.82, 2.24) is 0 Å². The Labute approximate surface area is 161 Å². The molecule has 146 valence electrons. The van der Waals surface area contributed by atoms with Crippen LogP contribution in [0.2, 0.25) is 0 Å². The summed E-state index contributed by atoms with van der Waals surface area (Å²) < 4.78 is 0. The van der Waals surface area contributed by atoms with Gasteiger partial charge in [-0.2, -0.15) is 0 Å². The van der Waals surface area contributed by atoms with Gasteiger partial charge in [0.05, 0.1) is 0 Å². The molecule has 4 nitrogen and oxygen atoms in total. The highest BCUT2D eigenvalue weighted by molar-refractivity contribution is 6.05. The molecule has 1 aromatic rings. The minimum atomic E-state index is -0.750. The maximum Gasteiger partial charge on any atom is 0.303 e. The average Bonchev–Trinajstić information content (AvgIpc) is 2.98. The van der Waals surface area contributed by atoms with Gasteiger partial charge in [0, 0.05) is 24.3 Å². The highest BCUT2D eigenvalue weighted by Crippen LogP contribution is 2.34. The maximum absolute atomic E-state index is 12.5. The Morgan fingerprint density at radius 2 is 1.89 bits per heavy atom. The van der Waals surface area contributed by atoms with Gasteiger partial charge in [0.1, 0.15) is 5.78 Å². The highest BCUT2D eigenvalue weighted by atomic mass is 16.4. The van der Waals surface area contributed by atoms with Crippen LogP contribution in [0.3, 0.4) is 0 Å². The third-order valence-electron chi connectivity index (χ3n) is 5.68. The van der Waals surface area contributed by atoms with Crippen LogP contribution < -0.4 is 0 Å². The number of Topliss-reactive ketones (excluding diaryl/α,β-unsaturated/α-hetero) is 1. The summed E-state index contributed by atoms with van der Waals surface area (Å²) in [6.45, 7) is 3.96. The van der Waals surface area contributed by atoms with Gasteiger partial charge in [0.25, 0.3) is 0 Å². The zero-order valence-corrected chi connectivity index (χ0v) is 16.4. The largest absolute Gasteiger partial charge is 0.481 e. The van der Waals surface area contributed by atoms with Crippen molar-refractivity contribution in [1.29, 1.82) is 0 Å². The third kappa shape index (κ3) is 6.16. The molecule has 0 amide bonds. The molecule has 1 N–H and O–H groups in total. The van der Waals surface area contributed by atoms with Crippen LogP contribution in [0.1, 0.15) is 72.9 Å². The molecule has 1 aliphatic rings. The quantitative estimate of drug-likeness (QED) is 0.355. The lowest BCUT2D eigenvalue weighted by Crippen LogP contribution is -2.13. The molecule has 1 aliphatic carbocycles. The maximum atomic E-state index is 12.5. The van der Waals surface area contributed by atoms with E-state index in [-0.39, 0.29) is 24.0 Å². The Kier molecular flexibility index (Phi) is 7.96. The number of allylic oxidation sites excluding steroid dienone is 2. The molecule has 0 bridgehead atoms. The van der Waals surface area contributed by atoms with E-state index in [1.807, 2.05) is 38.1 Å². The van der Waals surface area contributed by atoms with Crippen molar-refractivity contribution in [3.05, 3.63) is 47.0 Å². The van der Waals surface area contributed by atoms with E-state index < -0.39 is 5.97 Å². The molecule has 2 rings (SSSR count). The summed E-state index contributed by atoms with van der Waals surface area (Å²) >= 11 is 0. The van der Waals surface area contributed by atoms with Crippen LogP contribution >= 0.6 is 0 Å². The van der Waals surface area contributed by atoms with E-state index >= 15 is 0 Å². The molecule has 0 aliphatic heterocycles. The van der Waals surface area contributed by atoms with Crippen LogP contribution in [0.4, 0.5) is 0 Å². The summed E-state index contributed by atoms with van der Waals surface area (Å²) in [5.74, 6) is -0.297. The molecule has 1 fully saturated rings. The van der Waals surface area contributed by atoms with E-state index in [9.17, 15) is 14.4 Å². The van der Waals surface area contributed by atoms with Gasteiger partial charge in [-0.25, -0.2) is 0 Å². The van der Waals surface area contributed by atoms with E-state index in [1.54, 1.807) is 6.08 Å². The fraction of sp³-hybridized carbons (Fsp3) is 0.522. The summed E-state index contributed by atoms with van der Waals surface area (Å²) in [5.41, 5.74) is 2.84. The minimum Gasteiger partial charge on any atom is -0.481 e. The zero-order chi connectivity index (χ0) is 19.8. The van der Waals surface area contributed by atoms with Crippen molar-refractivity contribution in [2.45, 2.75) is 65.2 Å². The Morgan fingerprint density at radius 1 is 1.15 bits per heavy atom. The van der Waals surface area contributed by atoms with Crippen LogP contribution in [0.15, 0.2) is 30.4 Å². The van der Waals surface area contributed by atoms with Crippen LogP contribution in [0, 0.1) is 25.7 Å². The number of benzene rings is 1. The van der Waals surface area contributed by atoms with Gasteiger partial charge < -0.3 is 5.11 Å². The molecule has 2 unspecified atom stereocenters. The number of carboxylic acid groups (broad SMARTS) is 1. The first-order chi connectivity index (χ1) is 12.9. The number of rotatable bonds is 10. The molecule has 2 atom stereocenters. The molecule has 0 saturated heterocycles. The number of carbonyl (C=O) groups excluding carboxylic acids is 2. The normalized spacial score (nSPS) is 19.7. The number of carbonyl (C=O) groups is 3. The fourth-order valence-corrected chi connectivity index (χ4v) is 3.85. The first-order valence-electron chi connectivity index (χ1n) is 9.93. The number of aliphatic carboxylic acids is 1. The molecule has 0 aromatic heterocycles. The lowest BCUT2D eigenvalue weighted by molar-refractivity contribution is -0.137. The Morgan fingerprint density at radius 3 is 2.63 bits per heavy atom. The lowest BCUT2D eigenvalue weighted by Gasteiger charge is -2.14. The SMILES string of the molecule is Cc1cccc(C(=O)/C=C/C2CCC(=O)C2CCCCCCC(=O)O)c1C. The smallest absolute Gasteiger partial charge is 0.303 e. The molecule has 1 aromatic carbocycles. The first kappa shape index (κ1) is 21.1. The van der Waals surface area contributed by atoms with Gasteiger partial charge in [-0.3, -0.25) is 14.4 Å². The molecule has 27 heavy (non-hydrogen) atoms. The van der Waals surface area contributed by atoms with Crippen molar-refractivity contribution in [2.75, 3.05) is 0 Å². The highest BCUT2D eigenvalue weighted by Gasteiger charge is 2.32. The predicted molar refractivity (Wildman–Crippen MR) is 106 cm³/mol. The van der Waals surface area contributed by atoms with E-state index in [0.29, 0.717) is 18.6 Å². The molecule has 0 spiro atoms. The van der Waals surface area contributed by atoms with Crippen LogP contribution in [0.5, 0.6) is 0 Å². The number of ketones is 2. The topological polar surface area (TPSA) is 71.4 Å². The van der Waals surface area contributed by atoms with Crippen LogP contribution in [-0.4, -0.2) is 22.6 Å². The van der Waals surface area contributed by atoms with Crippen molar-refractivity contribution < 1.29 is 19.5 Å². The summed E-state index contributed by atoms with van der Waals surface area (Å²) in [7, 11) is 0. The molecular formula is C23H30O4. The van der Waals surface area contributed by atoms with E-state index in [1.165, 1.54) is 0 Å². The number of hydrogen-bond donors (Lipinski definition) is 1. The van der Waals surface area contributed by atoms with Crippen molar-refractivity contribution in [3.8, 4) is 0 Å². The third-order valence-corrected chi connectivity index (χ3v) is 5.68. The first-order valence-corrected chi connectivity index (χ1v) is 9.93. The van der Waals surface area contributed by atoms with E-state index in [4.69, 9.17) is 5.11 Å². The van der Waals surface area contributed by atoms with Gasteiger partial charge in [-0.15, -0.1) is 0 Å². The number of hydrogen-bond acceptors (Lipinski definition) is 3. The summed E-state index contributed by atoms with van der Waals surface area (Å²) in [6, 6.07) is 5.75. The van der Waals surface area contributed by atoms with E-state index in [2.05, 4.69) is 0 Å². The van der Waals surface area contributed by atoms with Gasteiger partial charge in [-0.1, -0.05) is 43.5 Å². The van der Waals surface area contributed by atoms with Crippen molar-refractivity contribution >= 4 is 17.5 Å². The Balaban J connectivity index is 1.87. The standard InChI is InChI=1S/C23H30O4/c1-16-8-7-10-19(17(16)2)21(24)14-12-18-13-15-22(25)20(18)9-5-3-4-6-11-23(26)27/h7-8,10,12,14,18,20H,3-6,9,11,13,15H2,1-2H3,(H,26,27)/b14-12+. The molecule has 4 heteroatoms. The zero-order valence-electron chi connectivity index (χ0n) is 16.4. The van der Waals surface area contributed by atoms with Gasteiger partial charge >= 0.3 is 5.97 Å². The minimum absolute atomic E-state index is 0.00275. The molecular weight excluding hydrogens is 340 g/mol. The van der Waals surface area contributed by atoms with Crippen molar-refractivity contribution in [3.63, 3.8) is 0 Å². The lowest BCUT2D eigenvalue weighted by atomic mass is 9.89. The summed E-state index contributed by atoms with van der Waals surface area (Å²) in [6.07, 6.45) is 9.51. The number of aryl methyl sites for hydroxylation is 1.